The first kappa shape index (κ1) is 15.3. The predicted octanol–water partition coefficient (Wildman–Crippen LogP) is 1.13. The highest BCUT2D eigenvalue weighted by atomic mass is 16.5. The van der Waals surface area contributed by atoms with Crippen LogP contribution in [0.5, 0.6) is 5.75 Å². The number of aromatic nitrogens is 2. The second kappa shape index (κ2) is 6.24. The van der Waals surface area contributed by atoms with Crippen LogP contribution >= 0.6 is 0 Å². The van der Waals surface area contributed by atoms with Crippen molar-refractivity contribution in [1.29, 1.82) is 0 Å². The standard InChI is InChI=1S/C17H19N3O3/c1-12(23-13-6-4-3-5-7-13)16(21)20-9-8-14-15(10-20)18-11-19(2)17(14)22/h3-7,11-12H,8-10H2,1-2H3. The Morgan fingerprint density at radius 2 is 2.04 bits per heavy atom. The van der Waals surface area contributed by atoms with Gasteiger partial charge in [0, 0.05) is 19.2 Å². The number of ether oxygens (including phenoxy) is 1. The Balaban J connectivity index is 1.72. The zero-order valence-electron chi connectivity index (χ0n) is 13.2. The zero-order valence-corrected chi connectivity index (χ0v) is 13.2. The van der Waals surface area contributed by atoms with Gasteiger partial charge in [-0.25, -0.2) is 4.98 Å². The van der Waals surface area contributed by atoms with Crippen LogP contribution in [0.1, 0.15) is 18.2 Å². The fraction of sp³-hybridized carbons (Fsp3) is 0.353. The van der Waals surface area contributed by atoms with E-state index >= 15 is 0 Å². The number of benzene rings is 1. The lowest BCUT2D eigenvalue weighted by Crippen LogP contribution is -2.45. The molecule has 120 valence electrons. The first-order valence-electron chi connectivity index (χ1n) is 7.60. The maximum Gasteiger partial charge on any atom is 0.263 e. The van der Waals surface area contributed by atoms with Crippen LogP contribution in [-0.2, 0) is 24.8 Å². The number of aryl methyl sites for hydroxylation is 1. The van der Waals surface area contributed by atoms with E-state index in [2.05, 4.69) is 4.98 Å². The van der Waals surface area contributed by atoms with Crippen molar-refractivity contribution in [3.63, 3.8) is 0 Å². The summed E-state index contributed by atoms with van der Waals surface area (Å²) in [4.78, 5) is 30.6. The van der Waals surface area contributed by atoms with Crippen LogP contribution in [0.25, 0.3) is 0 Å². The number of fused-ring (bicyclic) bond motifs is 1. The van der Waals surface area contributed by atoms with Crippen LogP contribution in [-0.4, -0.2) is 33.0 Å². The van der Waals surface area contributed by atoms with Crippen LogP contribution in [0, 0.1) is 0 Å². The summed E-state index contributed by atoms with van der Waals surface area (Å²) in [5.41, 5.74) is 1.35. The zero-order chi connectivity index (χ0) is 16.4. The lowest BCUT2D eigenvalue weighted by Gasteiger charge is -2.30. The van der Waals surface area contributed by atoms with Crippen LogP contribution in [0.4, 0.5) is 0 Å². The molecule has 1 atom stereocenters. The van der Waals surface area contributed by atoms with Crippen molar-refractivity contribution >= 4 is 5.91 Å². The Bertz CT molecular complexity index is 770. The summed E-state index contributed by atoms with van der Waals surface area (Å²) in [5.74, 6) is 0.569. The fourth-order valence-corrected chi connectivity index (χ4v) is 2.72. The summed E-state index contributed by atoms with van der Waals surface area (Å²) in [7, 11) is 1.68. The smallest absolute Gasteiger partial charge is 0.263 e. The molecular weight excluding hydrogens is 294 g/mol. The molecule has 23 heavy (non-hydrogen) atoms. The quantitative estimate of drug-likeness (QED) is 0.852. The van der Waals surface area contributed by atoms with Crippen molar-refractivity contribution < 1.29 is 9.53 Å². The third-order valence-electron chi connectivity index (χ3n) is 4.00. The Kier molecular flexibility index (Phi) is 4.14. The van der Waals surface area contributed by atoms with Gasteiger partial charge in [-0.15, -0.1) is 0 Å². The van der Waals surface area contributed by atoms with E-state index in [1.165, 1.54) is 10.9 Å². The molecule has 2 heterocycles. The van der Waals surface area contributed by atoms with Crippen molar-refractivity contribution in [2.75, 3.05) is 6.54 Å². The lowest BCUT2D eigenvalue weighted by atomic mass is 10.1. The van der Waals surface area contributed by atoms with E-state index in [0.29, 0.717) is 36.5 Å². The minimum Gasteiger partial charge on any atom is -0.481 e. The van der Waals surface area contributed by atoms with Crippen molar-refractivity contribution in [3.8, 4) is 5.75 Å². The van der Waals surface area contributed by atoms with E-state index in [4.69, 9.17) is 4.74 Å². The van der Waals surface area contributed by atoms with Gasteiger partial charge in [0.05, 0.1) is 18.6 Å². The molecule has 6 heteroatoms. The van der Waals surface area contributed by atoms with Crippen LogP contribution < -0.4 is 10.3 Å². The average molecular weight is 313 g/mol. The highest BCUT2D eigenvalue weighted by molar-refractivity contribution is 5.81. The van der Waals surface area contributed by atoms with Gasteiger partial charge >= 0.3 is 0 Å². The maximum atomic E-state index is 12.6. The number of carbonyl (C=O) groups excluding carboxylic acids is 1. The van der Waals surface area contributed by atoms with Gasteiger partial charge < -0.3 is 14.2 Å². The average Bonchev–Trinajstić information content (AvgIpc) is 2.58. The molecule has 0 saturated heterocycles. The van der Waals surface area contributed by atoms with Crippen molar-refractivity contribution in [3.05, 3.63) is 58.3 Å². The molecule has 1 aromatic carbocycles. The number of carbonyl (C=O) groups is 1. The molecule has 6 nitrogen and oxygen atoms in total. The first-order valence-corrected chi connectivity index (χ1v) is 7.60. The second-order valence-corrected chi connectivity index (χ2v) is 5.67. The number of amides is 1. The Morgan fingerprint density at radius 1 is 1.30 bits per heavy atom. The highest BCUT2D eigenvalue weighted by Crippen LogP contribution is 2.17. The monoisotopic (exact) mass is 313 g/mol. The predicted molar refractivity (Wildman–Crippen MR) is 85.1 cm³/mol. The molecule has 3 rings (SSSR count). The Morgan fingerprint density at radius 3 is 2.78 bits per heavy atom. The van der Waals surface area contributed by atoms with E-state index in [-0.39, 0.29) is 11.5 Å². The lowest BCUT2D eigenvalue weighted by molar-refractivity contribution is -0.139. The van der Waals surface area contributed by atoms with E-state index in [1.807, 2.05) is 30.3 Å². The first-order chi connectivity index (χ1) is 11.1. The molecule has 1 amide bonds. The molecule has 1 unspecified atom stereocenters. The molecule has 0 saturated carbocycles. The van der Waals surface area contributed by atoms with Crippen molar-refractivity contribution in [1.82, 2.24) is 14.5 Å². The van der Waals surface area contributed by atoms with Gasteiger partial charge in [-0.3, -0.25) is 9.59 Å². The molecule has 1 aliphatic rings. The number of rotatable bonds is 3. The molecule has 1 aliphatic heterocycles. The Hall–Kier alpha value is -2.63. The van der Waals surface area contributed by atoms with Gasteiger partial charge in [-0.05, 0) is 25.5 Å². The summed E-state index contributed by atoms with van der Waals surface area (Å²) in [6.45, 7) is 2.60. The summed E-state index contributed by atoms with van der Waals surface area (Å²) in [6, 6.07) is 9.26. The van der Waals surface area contributed by atoms with Crippen molar-refractivity contribution in [2.45, 2.75) is 26.0 Å². The van der Waals surface area contributed by atoms with Gasteiger partial charge in [-0.2, -0.15) is 0 Å². The van der Waals surface area contributed by atoms with Gasteiger partial charge in [0.1, 0.15) is 5.75 Å². The second-order valence-electron chi connectivity index (χ2n) is 5.67. The largest absolute Gasteiger partial charge is 0.481 e. The van der Waals surface area contributed by atoms with Gasteiger partial charge in [-0.1, -0.05) is 18.2 Å². The summed E-state index contributed by atoms with van der Waals surface area (Å²) < 4.78 is 7.15. The van der Waals surface area contributed by atoms with Gasteiger partial charge in [0.25, 0.3) is 11.5 Å². The number of hydrogen-bond acceptors (Lipinski definition) is 4. The van der Waals surface area contributed by atoms with E-state index in [0.717, 1.165) is 0 Å². The molecule has 2 aromatic rings. The fourth-order valence-electron chi connectivity index (χ4n) is 2.72. The normalized spacial score (nSPS) is 15.0. The van der Waals surface area contributed by atoms with Crippen molar-refractivity contribution in [2.24, 2.45) is 7.05 Å². The topological polar surface area (TPSA) is 64.4 Å². The van der Waals surface area contributed by atoms with Crippen LogP contribution in [0.2, 0.25) is 0 Å². The minimum atomic E-state index is -0.578. The molecular formula is C17H19N3O3. The van der Waals surface area contributed by atoms with E-state index < -0.39 is 6.10 Å². The molecule has 1 aromatic heterocycles. The molecule has 0 N–H and O–H groups in total. The molecule has 0 spiro atoms. The number of para-hydroxylation sites is 1. The van der Waals surface area contributed by atoms with E-state index in [9.17, 15) is 9.59 Å². The number of nitrogens with zero attached hydrogens (tertiary/aromatic N) is 3. The summed E-state index contributed by atoms with van der Waals surface area (Å²) in [5, 5.41) is 0. The van der Waals surface area contributed by atoms with Crippen LogP contribution in [0.3, 0.4) is 0 Å². The summed E-state index contributed by atoms with van der Waals surface area (Å²) >= 11 is 0. The molecule has 0 bridgehead atoms. The molecule has 0 aliphatic carbocycles. The SMILES string of the molecule is CC(Oc1ccccc1)C(=O)N1CCc2c(ncn(C)c2=O)C1. The maximum absolute atomic E-state index is 12.6. The molecule has 0 radical (unpaired) electrons. The third kappa shape index (κ3) is 3.11. The Labute approximate surface area is 134 Å². The summed E-state index contributed by atoms with van der Waals surface area (Å²) in [6.07, 6.45) is 1.45. The minimum absolute atomic E-state index is 0.0318. The van der Waals surface area contributed by atoms with E-state index in [1.54, 1.807) is 18.9 Å². The molecule has 0 fully saturated rings. The van der Waals surface area contributed by atoms with Gasteiger partial charge in [0.2, 0.25) is 0 Å². The highest BCUT2D eigenvalue weighted by Gasteiger charge is 2.27. The van der Waals surface area contributed by atoms with Gasteiger partial charge in [0.15, 0.2) is 6.10 Å². The number of hydrogen-bond donors (Lipinski definition) is 0. The van der Waals surface area contributed by atoms with Crippen LogP contribution in [0.15, 0.2) is 41.5 Å². The third-order valence-corrected chi connectivity index (χ3v) is 4.00.